The normalized spacial score (nSPS) is 24.7. The summed E-state index contributed by atoms with van der Waals surface area (Å²) in [6.07, 6.45) is 2.90. The van der Waals surface area contributed by atoms with E-state index in [0.717, 1.165) is 25.9 Å². The van der Waals surface area contributed by atoms with Crippen LogP contribution in [0.2, 0.25) is 5.02 Å². The van der Waals surface area contributed by atoms with Crippen LogP contribution in [0.3, 0.4) is 0 Å². The zero-order chi connectivity index (χ0) is 13.2. The van der Waals surface area contributed by atoms with Gasteiger partial charge in [-0.15, -0.1) is 0 Å². The Hall–Kier alpha value is -0.640. The molecule has 100 valence electrons. The van der Waals surface area contributed by atoms with Gasteiger partial charge in [-0.3, -0.25) is 0 Å². The van der Waals surface area contributed by atoms with E-state index in [9.17, 15) is 9.50 Å². The minimum absolute atomic E-state index is 0.338. The molecule has 1 aromatic rings. The molecule has 0 saturated carbocycles. The molecular weight excluding hydrogens is 253 g/mol. The molecule has 1 atom stereocenters. The lowest BCUT2D eigenvalue weighted by atomic mass is 9.93. The Morgan fingerprint density at radius 3 is 2.89 bits per heavy atom. The maximum atomic E-state index is 13.3. The van der Waals surface area contributed by atoms with Crippen molar-refractivity contribution in [1.82, 2.24) is 4.90 Å². The van der Waals surface area contributed by atoms with Crippen LogP contribution in [0.4, 0.5) is 4.39 Å². The third kappa shape index (κ3) is 3.02. The van der Waals surface area contributed by atoms with Crippen molar-refractivity contribution in [3.63, 3.8) is 0 Å². The molecule has 1 N–H and O–H groups in total. The summed E-state index contributed by atoms with van der Waals surface area (Å²) in [5.41, 5.74) is -0.369. The summed E-state index contributed by atoms with van der Waals surface area (Å²) in [7, 11) is 0. The van der Waals surface area contributed by atoms with Crippen molar-refractivity contribution in [3.8, 4) is 0 Å². The number of halogens is 2. The fourth-order valence-corrected chi connectivity index (χ4v) is 2.72. The summed E-state index contributed by atoms with van der Waals surface area (Å²) in [4.78, 5) is 2.22. The van der Waals surface area contributed by atoms with Crippen LogP contribution >= 0.6 is 11.6 Å². The number of hydrogen-bond acceptors (Lipinski definition) is 2. The lowest BCUT2D eigenvalue weighted by Gasteiger charge is -2.24. The molecule has 2 rings (SSSR count). The molecule has 1 fully saturated rings. The van der Waals surface area contributed by atoms with Gasteiger partial charge in [0.25, 0.3) is 0 Å². The van der Waals surface area contributed by atoms with E-state index in [-0.39, 0.29) is 0 Å². The maximum absolute atomic E-state index is 13.3. The van der Waals surface area contributed by atoms with Crippen molar-refractivity contribution in [2.45, 2.75) is 31.8 Å². The summed E-state index contributed by atoms with van der Waals surface area (Å²) < 4.78 is 13.3. The highest BCUT2D eigenvalue weighted by atomic mass is 35.5. The van der Waals surface area contributed by atoms with Crippen LogP contribution in [0.15, 0.2) is 18.2 Å². The SMILES string of the molecule is CCCCN1CCC(O)(c2cc(F)cc(Cl)c2)C1. The van der Waals surface area contributed by atoms with E-state index in [1.54, 1.807) is 6.07 Å². The van der Waals surface area contributed by atoms with Gasteiger partial charge in [0.1, 0.15) is 11.4 Å². The number of unbranched alkanes of at least 4 members (excludes halogenated alkanes) is 1. The number of benzene rings is 1. The molecule has 0 bridgehead atoms. The molecule has 1 aliphatic heterocycles. The Balaban J connectivity index is 2.12. The number of nitrogens with zero attached hydrogens (tertiary/aromatic N) is 1. The van der Waals surface area contributed by atoms with E-state index < -0.39 is 11.4 Å². The molecule has 1 aliphatic rings. The van der Waals surface area contributed by atoms with Crippen LogP contribution in [-0.4, -0.2) is 29.6 Å². The van der Waals surface area contributed by atoms with Crippen LogP contribution in [0.1, 0.15) is 31.7 Å². The van der Waals surface area contributed by atoms with Gasteiger partial charge in [-0.2, -0.15) is 0 Å². The lowest BCUT2D eigenvalue weighted by Crippen LogP contribution is -2.31. The first kappa shape index (κ1) is 13.8. The smallest absolute Gasteiger partial charge is 0.125 e. The maximum Gasteiger partial charge on any atom is 0.125 e. The summed E-state index contributed by atoms with van der Waals surface area (Å²) in [6.45, 7) is 4.55. The first-order valence-electron chi connectivity index (χ1n) is 6.45. The minimum atomic E-state index is -0.959. The molecule has 18 heavy (non-hydrogen) atoms. The van der Waals surface area contributed by atoms with Gasteiger partial charge in [0.2, 0.25) is 0 Å². The van der Waals surface area contributed by atoms with Crippen molar-refractivity contribution in [1.29, 1.82) is 0 Å². The number of likely N-dealkylation sites (tertiary alicyclic amines) is 1. The van der Waals surface area contributed by atoms with Gasteiger partial charge in [-0.05, 0) is 43.1 Å². The Bertz CT molecular complexity index is 406. The van der Waals surface area contributed by atoms with Crippen molar-refractivity contribution < 1.29 is 9.50 Å². The van der Waals surface area contributed by atoms with Crippen LogP contribution in [0, 0.1) is 5.82 Å². The third-order valence-electron chi connectivity index (χ3n) is 3.55. The van der Waals surface area contributed by atoms with Crippen LogP contribution in [0.25, 0.3) is 0 Å². The Labute approximate surface area is 112 Å². The second-order valence-electron chi connectivity index (χ2n) is 5.07. The van der Waals surface area contributed by atoms with Crippen LogP contribution in [0.5, 0.6) is 0 Å². The summed E-state index contributed by atoms with van der Waals surface area (Å²) >= 11 is 5.85. The van der Waals surface area contributed by atoms with Gasteiger partial charge >= 0.3 is 0 Å². The molecule has 1 heterocycles. The van der Waals surface area contributed by atoms with Gasteiger partial charge in [-0.1, -0.05) is 24.9 Å². The number of aliphatic hydroxyl groups is 1. The zero-order valence-electron chi connectivity index (χ0n) is 10.6. The Morgan fingerprint density at radius 1 is 1.44 bits per heavy atom. The second kappa shape index (κ2) is 5.55. The van der Waals surface area contributed by atoms with Gasteiger partial charge in [0.05, 0.1) is 0 Å². The van der Waals surface area contributed by atoms with Gasteiger partial charge in [0, 0.05) is 18.1 Å². The number of hydrogen-bond donors (Lipinski definition) is 1. The van der Waals surface area contributed by atoms with E-state index in [0.29, 0.717) is 23.6 Å². The standard InChI is InChI=1S/C14H19ClFNO/c1-2-3-5-17-6-4-14(18,10-17)11-7-12(15)9-13(16)8-11/h7-9,18H,2-6,10H2,1H3. The highest BCUT2D eigenvalue weighted by Gasteiger charge is 2.37. The molecule has 0 spiro atoms. The van der Waals surface area contributed by atoms with Crippen molar-refractivity contribution >= 4 is 11.6 Å². The first-order valence-corrected chi connectivity index (χ1v) is 6.82. The summed E-state index contributed by atoms with van der Waals surface area (Å²) in [6, 6.07) is 4.31. The molecule has 0 aromatic heterocycles. The summed E-state index contributed by atoms with van der Waals surface area (Å²) in [5.74, 6) is -0.391. The fraction of sp³-hybridized carbons (Fsp3) is 0.571. The Kier molecular flexibility index (Phi) is 4.25. The highest BCUT2D eigenvalue weighted by molar-refractivity contribution is 6.30. The predicted molar refractivity (Wildman–Crippen MR) is 71.3 cm³/mol. The number of rotatable bonds is 4. The molecule has 1 aromatic carbocycles. The average molecular weight is 272 g/mol. The topological polar surface area (TPSA) is 23.5 Å². The zero-order valence-corrected chi connectivity index (χ0v) is 11.4. The molecule has 0 aliphatic carbocycles. The van der Waals surface area contributed by atoms with E-state index in [1.807, 2.05) is 0 Å². The average Bonchev–Trinajstić information content (AvgIpc) is 2.69. The highest BCUT2D eigenvalue weighted by Crippen LogP contribution is 2.33. The van der Waals surface area contributed by atoms with Gasteiger partial charge in [-0.25, -0.2) is 4.39 Å². The van der Waals surface area contributed by atoms with E-state index in [2.05, 4.69) is 11.8 Å². The van der Waals surface area contributed by atoms with Crippen molar-refractivity contribution in [2.75, 3.05) is 19.6 Å². The molecule has 0 radical (unpaired) electrons. The van der Waals surface area contributed by atoms with E-state index in [1.165, 1.54) is 12.1 Å². The largest absolute Gasteiger partial charge is 0.384 e. The third-order valence-corrected chi connectivity index (χ3v) is 3.77. The fourth-order valence-electron chi connectivity index (χ4n) is 2.50. The number of β-amino-alcohol motifs (C(OH)–C–C–N with tert-alkyl or cyclic N) is 1. The van der Waals surface area contributed by atoms with E-state index >= 15 is 0 Å². The monoisotopic (exact) mass is 271 g/mol. The molecular formula is C14H19ClFNO. The lowest BCUT2D eigenvalue weighted by molar-refractivity contribution is 0.0457. The van der Waals surface area contributed by atoms with Gasteiger partial charge in [0.15, 0.2) is 0 Å². The van der Waals surface area contributed by atoms with Gasteiger partial charge < -0.3 is 10.0 Å². The molecule has 1 unspecified atom stereocenters. The predicted octanol–water partition coefficient (Wildman–Crippen LogP) is 3.17. The molecule has 1 saturated heterocycles. The quantitative estimate of drug-likeness (QED) is 0.909. The second-order valence-corrected chi connectivity index (χ2v) is 5.51. The van der Waals surface area contributed by atoms with Crippen LogP contribution < -0.4 is 0 Å². The Morgan fingerprint density at radius 2 is 2.22 bits per heavy atom. The first-order chi connectivity index (χ1) is 8.53. The van der Waals surface area contributed by atoms with Crippen LogP contribution in [-0.2, 0) is 5.60 Å². The molecule has 4 heteroatoms. The minimum Gasteiger partial charge on any atom is -0.384 e. The van der Waals surface area contributed by atoms with E-state index in [4.69, 9.17) is 11.6 Å². The van der Waals surface area contributed by atoms with Crippen molar-refractivity contribution in [3.05, 3.63) is 34.6 Å². The molecule has 0 amide bonds. The molecule has 2 nitrogen and oxygen atoms in total. The van der Waals surface area contributed by atoms with Crippen molar-refractivity contribution in [2.24, 2.45) is 0 Å². The summed E-state index contributed by atoms with van der Waals surface area (Å²) in [5, 5.41) is 11.0.